The van der Waals surface area contributed by atoms with E-state index in [4.69, 9.17) is 0 Å². The van der Waals surface area contributed by atoms with E-state index in [2.05, 4.69) is 32.1 Å². The molecular weight excluding hydrogens is 380 g/mol. The molecule has 30 heavy (non-hydrogen) atoms. The molecule has 1 aromatic carbocycles. The first-order chi connectivity index (χ1) is 14.5. The molecule has 2 aromatic rings. The van der Waals surface area contributed by atoms with Gasteiger partial charge in [0.2, 0.25) is 0 Å². The Hall–Kier alpha value is -2.71. The van der Waals surface area contributed by atoms with Gasteiger partial charge in [0, 0.05) is 69.5 Å². The number of aromatic nitrogens is 2. The van der Waals surface area contributed by atoms with Crippen LogP contribution in [0.15, 0.2) is 42.9 Å². The molecule has 2 aliphatic rings. The summed E-state index contributed by atoms with van der Waals surface area (Å²) in [7, 11) is 2.14. The maximum Gasteiger partial charge on any atom is 0.251 e. The van der Waals surface area contributed by atoms with Crippen LogP contribution in [0.4, 0.5) is 11.5 Å². The minimum absolute atomic E-state index is 0.162. The van der Waals surface area contributed by atoms with Gasteiger partial charge in [-0.3, -0.25) is 9.78 Å². The molecule has 160 valence electrons. The van der Waals surface area contributed by atoms with Gasteiger partial charge in [-0.15, -0.1) is 0 Å². The fraction of sp³-hybridized carbons (Fsp3) is 0.500. The van der Waals surface area contributed by atoms with Crippen LogP contribution in [0.25, 0.3) is 0 Å². The normalized spacial score (nSPS) is 22.7. The Morgan fingerprint density at radius 1 is 1.10 bits per heavy atom. The average molecular weight is 411 g/mol. The Kier molecular flexibility index (Phi) is 6.15. The minimum atomic E-state index is -0.981. The number of hydrogen-bond acceptors (Lipinski definition) is 7. The van der Waals surface area contributed by atoms with Gasteiger partial charge in [-0.05, 0) is 44.2 Å². The average Bonchev–Trinajstić information content (AvgIpc) is 2.79. The number of benzene rings is 1. The van der Waals surface area contributed by atoms with Gasteiger partial charge >= 0.3 is 0 Å². The molecule has 1 amide bonds. The number of carbonyl (C=O) groups excluding carboxylic acids is 1. The number of rotatable bonds is 5. The highest BCUT2D eigenvalue weighted by atomic mass is 16.3. The largest absolute Gasteiger partial charge is 0.386 e. The van der Waals surface area contributed by atoms with Crippen LogP contribution in [-0.4, -0.2) is 84.3 Å². The van der Waals surface area contributed by atoms with E-state index >= 15 is 0 Å². The van der Waals surface area contributed by atoms with Crippen molar-refractivity contribution < 1.29 is 9.90 Å². The smallest absolute Gasteiger partial charge is 0.251 e. The number of hydrogen-bond donors (Lipinski definition) is 2. The van der Waals surface area contributed by atoms with E-state index in [0.717, 1.165) is 50.6 Å². The second-order valence-corrected chi connectivity index (χ2v) is 8.33. The Morgan fingerprint density at radius 3 is 2.57 bits per heavy atom. The summed E-state index contributed by atoms with van der Waals surface area (Å²) in [5.41, 5.74) is 0.772. The van der Waals surface area contributed by atoms with Gasteiger partial charge in [-0.2, -0.15) is 0 Å². The Bertz CT molecular complexity index is 838. The molecule has 8 heteroatoms. The van der Waals surface area contributed by atoms with E-state index in [-0.39, 0.29) is 12.5 Å². The molecule has 2 aliphatic heterocycles. The van der Waals surface area contributed by atoms with Crippen molar-refractivity contribution in [2.24, 2.45) is 0 Å². The van der Waals surface area contributed by atoms with E-state index in [1.807, 2.05) is 29.2 Å². The van der Waals surface area contributed by atoms with E-state index in [1.54, 1.807) is 18.6 Å². The number of amides is 1. The lowest BCUT2D eigenvalue weighted by molar-refractivity contribution is 0.0254. The quantitative estimate of drug-likeness (QED) is 0.760. The second-order valence-electron chi connectivity index (χ2n) is 8.33. The summed E-state index contributed by atoms with van der Waals surface area (Å²) < 4.78 is 0. The van der Waals surface area contributed by atoms with Gasteiger partial charge < -0.3 is 25.1 Å². The lowest BCUT2D eigenvalue weighted by atomic mass is 9.92. The number of likely N-dealkylation sites (N-methyl/N-ethyl adjacent to an activating group) is 1. The van der Waals surface area contributed by atoms with Crippen LogP contribution in [0.3, 0.4) is 0 Å². The minimum Gasteiger partial charge on any atom is -0.386 e. The number of piperazine rings is 1. The van der Waals surface area contributed by atoms with Crippen molar-refractivity contribution in [2.75, 3.05) is 62.7 Å². The number of anilines is 2. The summed E-state index contributed by atoms with van der Waals surface area (Å²) in [5, 5.41) is 13.9. The van der Waals surface area contributed by atoms with Gasteiger partial charge in [0.15, 0.2) is 0 Å². The molecule has 0 saturated carbocycles. The van der Waals surface area contributed by atoms with Crippen molar-refractivity contribution in [1.82, 2.24) is 20.2 Å². The molecule has 0 spiro atoms. The number of nitrogens with zero attached hydrogens (tertiary/aromatic N) is 5. The Labute approximate surface area is 177 Å². The van der Waals surface area contributed by atoms with E-state index in [9.17, 15) is 9.90 Å². The highest BCUT2D eigenvalue weighted by Crippen LogP contribution is 2.24. The lowest BCUT2D eigenvalue weighted by Gasteiger charge is -2.39. The number of carbonyl (C=O) groups is 1. The van der Waals surface area contributed by atoms with Gasteiger partial charge in [0.25, 0.3) is 5.91 Å². The topological polar surface area (TPSA) is 84.8 Å². The highest BCUT2D eigenvalue weighted by Gasteiger charge is 2.34. The van der Waals surface area contributed by atoms with Crippen molar-refractivity contribution in [1.29, 1.82) is 0 Å². The predicted octanol–water partition coefficient (Wildman–Crippen LogP) is 0.990. The summed E-state index contributed by atoms with van der Waals surface area (Å²) in [6, 6.07) is 7.73. The van der Waals surface area contributed by atoms with Crippen molar-refractivity contribution >= 4 is 17.4 Å². The third-order valence-corrected chi connectivity index (χ3v) is 6.00. The first kappa shape index (κ1) is 20.6. The van der Waals surface area contributed by atoms with Gasteiger partial charge in [0.05, 0.1) is 11.8 Å². The summed E-state index contributed by atoms with van der Waals surface area (Å²) in [6.07, 6.45) is 6.47. The molecule has 2 fully saturated rings. The first-order valence-corrected chi connectivity index (χ1v) is 10.6. The van der Waals surface area contributed by atoms with Gasteiger partial charge in [-0.25, -0.2) is 4.98 Å². The first-order valence-electron chi connectivity index (χ1n) is 10.6. The Morgan fingerprint density at radius 2 is 1.87 bits per heavy atom. The standard InChI is InChI=1S/C22H30N6O2/c1-26-11-13-27(14-12-26)19-5-3-18(4-6-19)21(29)25-16-22(30)7-2-10-28(17-22)20-15-23-8-9-24-20/h3-6,8-9,15,30H,2,7,10-14,16-17H2,1H3,(H,25,29). The third-order valence-electron chi connectivity index (χ3n) is 6.00. The molecule has 2 saturated heterocycles. The molecule has 2 N–H and O–H groups in total. The summed E-state index contributed by atoms with van der Waals surface area (Å²) >= 11 is 0. The molecule has 0 aliphatic carbocycles. The second kappa shape index (κ2) is 8.97. The van der Waals surface area contributed by atoms with E-state index in [0.29, 0.717) is 18.5 Å². The van der Waals surface area contributed by atoms with Crippen LogP contribution >= 0.6 is 0 Å². The maximum atomic E-state index is 12.6. The number of aliphatic hydroxyl groups is 1. The molecule has 8 nitrogen and oxygen atoms in total. The van der Waals surface area contributed by atoms with Crippen molar-refractivity contribution in [3.05, 3.63) is 48.4 Å². The molecule has 1 unspecified atom stereocenters. The maximum absolute atomic E-state index is 12.6. The fourth-order valence-corrected chi connectivity index (χ4v) is 4.14. The SMILES string of the molecule is CN1CCN(c2ccc(C(=O)NCC3(O)CCCN(c4cnccn4)C3)cc2)CC1. The predicted molar refractivity (Wildman–Crippen MR) is 117 cm³/mol. The molecule has 0 bridgehead atoms. The van der Waals surface area contributed by atoms with Crippen LogP contribution in [0.2, 0.25) is 0 Å². The van der Waals surface area contributed by atoms with Crippen LogP contribution in [0, 0.1) is 0 Å². The van der Waals surface area contributed by atoms with E-state index in [1.165, 1.54) is 0 Å². The number of nitrogens with one attached hydrogen (secondary N) is 1. The molecule has 3 heterocycles. The number of β-amino-alcohol motifs (C(OH)–C–C–N with tert-alkyl or cyclic N) is 1. The monoisotopic (exact) mass is 410 g/mol. The molecule has 1 aromatic heterocycles. The number of piperidine rings is 1. The summed E-state index contributed by atoms with van der Waals surface area (Å²) in [5.74, 6) is 0.589. The highest BCUT2D eigenvalue weighted by molar-refractivity contribution is 5.94. The zero-order valence-electron chi connectivity index (χ0n) is 17.5. The zero-order chi connectivity index (χ0) is 21.0. The van der Waals surface area contributed by atoms with Crippen LogP contribution in [-0.2, 0) is 0 Å². The molecular formula is C22H30N6O2. The molecule has 4 rings (SSSR count). The molecule has 1 atom stereocenters. The van der Waals surface area contributed by atoms with E-state index < -0.39 is 5.60 Å². The van der Waals surface area contributed by atoms with Gasteiger partial charge in [-0.1, -0.05) is 0 Å². The van der Waals surface area contributed by atoms with Crippen molar-refractivity contribution in [3.63, 3.8) is 0 Å². The van der Waals surface area contributed by atoms with Crippen LogP contribution in [0.1, 0.15) is 23.2 Å². The van der Waals surface area contributed by atoms with Crippen LogP contribution in [0.5, 0.6) is 0 Å². The van der Waals surface area contributed by atoms with Gasteiger partial charge in [0.1, 0.15) is 5.82 Å². The molecule has 0 radical (unpaired) electrons. The third kappa shape index (κ3) is 4.88. The summed E-state index contributed by atoms with van der Waals surface area (Å²) in [4.78, 5) is 27.7. The van der Waals surface area contributed by atoms with Crippen LogP contribution < -0.4 is 15.1 Å². The zero-order valence-corrected chi connectivity index (χ0v) is 17.5. The lowest BCUT2D eigenvalue weighted by Crippen LogP contribution is -2.54. The Balaban J connectivity index is 1.32. The summed E-state index contributed by atoms with van der Waals surface area (Å²) in [6.45, 7) is 5.55. The van der Waals surface area contributed by atoms with Crippen molar-refractivity contribution in [3.8, 4) is 0 Å². The fourth-order valence-electron chi connectivity index (χ4n) is 4.14. The van der Waals surface area contributed by atoms with Crippen molar-refractivity contribution in [2.45, 2.75) is 18.4 Å².